The molecule has 0 saturated heterocycles. The van der Waals surface area contributed by atoms with E-state index < -0.39 is 6.10 Å². The molecule has 18 heavy (non-hydrogen) atoms. The first-order valence-corrected chi connectivity index (χ1v) is 6.42. The molecule has 2 aromatic rings. The summed E-state index contributed by atoms with van der Waals surface area (Å²) < 4.78 is 12.7. The van der Waals surface area contributed by atoms with Gasteiger partial charge in [-0.05, 0) is 30.3 Å². The van der Waals surface area contributed by atoms with Gasteiger partial charge in [-0.1, -0.05) is 6.07 Å². The number of anilines is 1. The Morgan fingerprint density at radius 3 is 2.67 bits per heavy atom. The maximum absolute atomic E-state index is 12.7. The molecule has 0 bridgehead atoms. The molecule has 1 heterocycles. The fourth-order valence-electron chi connectivity index (χ4n) is 1.51. The number of aliphatic hydroxyl groups is 1. The first kappa shape index (κ1) is 12.9. The van der Waals surface area contributed by atoms with Crippen molar-refractivity contribution in [2.45, 2.75) is 11.0 Å². The maximum atomic E-state index is 12.7. The van der Waals surface area contributed by atoms with E-state index in [-0.39, 0.29) is 5.82 Å². The fourth-order valence-corrected chi connectivity index (χ4v) is 2.37. The van der Waals surface area contributed by atoms with Gasteiger partial charge in [-0.3, -0.25) is 0 Å². The standard InChI is InChI=1S/C13H13FN2OS/c14-9-3-5-10(6-4-9)18-8-12(17)11-2-1-7-16-13(11)15/h1-7,12,17H,8H2,(H2,15,16). The number of halogens is 1. The third-order valence-electron chi connectivity index (χ3n) is 2.45. The number of nitrogens with two attached hydrogens (primary N) is 1. The third kappa shape index (κ3) is 3.21. The number of nitrogens with zero attached hydrogens (tertiary/aromatic N) is 1. The lowest BCUT2D eigenvalue weighted by Gasteiger charge is -2.12. The van der Waals surface area contributed by atoms with Crippen molar-refractivity contribution in [2.24, 2.45) is 0 Å². The summed E-state index contributed by atoms with van der Waals surface area (Å²) in [6, 6.07) is 9.63. The molecule has 0 amide bonds. The highest BCUT2D eigenvalue weighted by Crippen LogP contribution is 2.26. The lowest BCUT2D eigenvalue weighted by atomic mass is 10.2. The molecule has 0 aliphatic carbocycles. The highest BCUT2D eigenvalue weighted by molar-refractivity contribution is 7.99. The summed E-state index contributed by atoms with van der Waals surface area (Å²) in [6.07, 6.45) is 0.896. The van der Waals surface area contributed by atoms with Crippen LogP contribution in [0.3, 0.4) is 0 Å². The minimum atomic E-state index is -0.686. The lowest BCUT2D eigenvalue weighted by molar-refractivity contribution is 0.204. The minimum absolute atomic E-state index is 0.267. The number of pyridine rings is 1. The van der Waals surface area contributed by atoms with Crippen LogP contribution in [-0.2, 0) is 0 Å². The molecular weight excluding hydrogens is 251 g/mol. The fraction of sp³-hybridized carbons (Fsp3) is 0.154. The van der Waals surface area contributed by atoms with Crippen LogP contribution in [0.1, 0.15) is 11.7 Å². The Labute approximate surface area is 109 Å². The van der Waals surface area contributed by atoms with Gasteiger partial charge in [0, 0.05) is 22.4 Å². The van der Waals surface area contributed by atoms with Gasteiger partial charge in [-0.15, -0.1) is 11.8 Å². The maximum Gasteiger partial charge on any atom is 0.129 e. The zero-order valence-electron chi connectivity index (χ0n) is 9.58. The summed E-state index contributed by atoms with van der Waals surface area (Å²) in [7, 11) is 0. The number of aromatic nitrogens is 1. The molecule has 2 rings (SSSR count). The molecule has 0 saturated carbocycles. The van der Waals surface area contributed by atoms with Gasteiger partial charge >= 0.3 is 0 Å². The lowest BCUT2D eigenvalue weighted by Crippen LogP contribution is -2.05. The van der Waals surface area contributed by atoms with E-state index in [9.17, 15) is 9.50 Å². The number of benzene rings is 1. The predicted molar refractivity (Wildman–Crippen MR) is 70.7 cm³/mol. The molecule has 94 valence electrons. The van der Waals surface area contributed by atoms with Crippen molar-refractivity contribution < 1.29 is 9.50 Å². The van der Waals surface area contributed by atoms with Crippen LogP contribution in [0.2, 0.25) is 0 Å². The third-order valence-corrected chi connectivity index (χ3v) is 3.54. The van der Waals surface area contributed by atoms with E-state index in [1.165, 1.54) is 23.9 Å². The molecule has 1 atom stereocenters. The Balaban J connectivity index is 1.98. The van der Waals surface area contributed by atoms with Crippen molar-refractivity contribution >= 4 is 17.6 Å². The van der Waals surface area contributed by atoms with E-state index >= 15 is 0 Å². The van der Waals surface area contributed by atoms with Gasteiger partial charge in [0.15, 0.2) is 0 Å². The smallest absolute Gasteiger partial charge is 0.129 e. The van der Waals surface area contributed by atoms with Gasteiger partial charge in [0.25, 0.3) is 0 Å². The molecule has 1 unspecified atom stereocenters. The largest absolute Gasteiger partial charge is 0.387 e. The number of nitrogen functional groups attached to an aromatic ring is 1. The second-order valence-corrected chi connectivity index (χ2v) is 4.85. The van der Waals surface area contributed by atoms with E-state index in [0.717, 1.165) is 4.90 Å². The Kier molecular flexibility index (Phi) is 4.17. The zero-order chi connectivity index (χ0) is 13.0. The van der Waals surface area contributed by atoms with Gasteiger partial charge in [0.1, 0.15) is 11.6 Å². The zero-order valence-corrected chi connectivity index (χ0v) is 10.4. The van der Waals surface area contributed by atoms with Gasteiger partial charge in [-0.25, -0.2) is 9.37 Å². The van der Waals surface area contributed by atoms with Crippen molar-refractivity contribution in [3.63, 3.8) is 0 Å². The number of hydrogen-bond acceptors (Lipinski definition) is 4. The molecular formula is C13H13FN2OS. The van der Waals surface area contributed by atoms with E-state index in [0.29, 0.717) is 17.1 Å². The van der Waals surface area contributed by atoms with Crippen molar-refractivity contribution in [1.29, 1.82) is 0 Å². The topological polar surface area (TPSA) is 59.1 Å². The van der Waals surface area contributed by atoms with Crippen LogP contribution in [0.25, 0.3) is 0 Å². The molecule has 0 aliphatic heterocycles. The van der Waals surface area contributed by atoms with Crippen LogP contribution in [0.5, 0.6) is 0 Å². The first-order chi connectivity index (χ1) is 8.66. The number of thioether (sulfide) groups is 1. The van der Waals surface area contributed by atoms with E-state index in [4.69, 9.17) is 5.73 Å². The van der Waals surface area contributed by atoms with E-state index in [2.05, 4.69) is 4.98 Å². The Morgan fingerprint density at radius 2 is 2.00 bits per heavy atom. The van der Waals surface area contributed by atoms with Crippen molar-refractivity contribution in [3.8, 4) is 0 Å². The van der Waals surface area contributed by atoms with E-state index in [1.807, 2.05) is 0 Å². The van der Waals surface area contributed by atoms with Gasteiger partial charge < -0.3 is 10.8 Å². The summed E-state index contributed by atoms with van der Waals surface area (Å²) in [4.78, 5) is 4.83. The van der Waals surface area contributed by atoms with Gasteiger partial charge in [-0.2, -0.15) is 0 Å². The number of aliphatic hydroxyl groups excluding tert-OH is 1. The second kappa shape index (κ2) is 5.84. The molecule has 0 fully saturated rings. The number of rotatable bonds is 4. The molecule has 5 heteroatoms. The highest BCUT2D eigenvalue weighted by atomic mass is 32.2. The van der Waals surface area contributed by atoms with Crippen LogP contribution < -0.4 is 5.73 Å². The van der Waals surface area contributed by atoms with Crippen molar-refractivity contribution in [2.75, 3.05) is 11.5 Å². The van der Waals surface area contributed by atoms with Crippen LogP contribution in [-0.4, -0.2) is 15.8 Å². The molecule has 0 spiro atoms. The summed E-state index contributed by atoms with van der Waals surface area (Å²) in [5.74, 6) is 0.516. The summed E-state index contributed by atoms with van der Waals surface area (Å²) in [6.45, 7) is 0. The number of hydrogen-bond donors (Lipinski definition) is 2. The molecule has 1 aromatic heterocycles. The quantitative estimate of drug-likeness (QED) is 0.833. The summed E-state index contributed by atoms with van der Waals surface area (Å²) in [5.41, 5.74) is 6.30. The van der Waals surface area contributed by atoms with Crippen molar-refractivity contribution in [3.05, 3.63) is 54.0 Å². The normalized spacial score (nSPS) is 12.3. The van der Waals surface area contributed by atoms with Crippen LogP contribution in [0, 0.1) is 5.82 Å². The monoisotopic (exact) mass is 264 g/mol. The Hall–Kier alpha value is -1.59. The second-order valence-electron chi connectivity index (χ2n) is 3.76. The molecule has 3 nitrogen and oxygen atoms in total. The molecule has 3 N–H and O–H groups in total. The average molecular weight is 264 g/mol. The molecule has 0 aliphatic rings. The summed E-state index contributed by atoms with van der Waals surface area (Å²) in [5, 5.41) is 10.0. The predicted octanol–water partition coefficient (Wildman–Crippen LogP) is 2.63. The SMILES string of the molecule is Nc1ncccc1C(O)CSc1ccc(F)cc1. The van der Waals surface area contributed by atoms with Crippen LogP contribution >= 0.6 is 11.8 Å². The molecule has 0 radical (unpaired) electrons. The molecule has 1 aromatic carbocycles. The average Bonchev–Trinajstić information content (AvgIpc) is 2.38. The van der Waals surface area contributed by atoms with E-state index in [1.54, 1.807) is 30.5 Å². The highest BCUT2D eigenvalue weighted by Gasteiger charge is 2.11. The van der Waals surface area contributed by atoms with Crippen LogP contribution in [0.4, 0.5) is 10.2 Å². The van der Waals surface area contributed by atoms with Gasteiger partial charge in [0.05, 0.1) is 6.10 Å². The Morgan fingerprint density at radius 1 is 1.28 bits per heavy atom. The minimum Gasteiger partial charge on any atom is -0.387 e. The van der Waals surface area contributed by atoms with Crippen LogP contribution in [0.15, 0.2) is 47.5 Å². The Bertz CT molecular complexity index is 519. The van der Waals surface area contributed by atoms with Gasteiger partial charge in [0.2, 0.25) is 0 Å². The first-order valence-electron chi connectivity index (χ1n) is 5.43. The van der Waals surface area contributed by atoms with Crippen molar-refractivity contribution in [1.82, 2.24) is 4.98 Å². The summed E-state index contributed by atoms with van der Waals surface area (Å²) >= 11 is 1.44.